The summed E-state index contributed by atoms with van der Waals surface area (Å²) in [5.74, 6) is 1.82. The molecule has 0 aliphatic heterocycles. The minimum atomic E-state index is 0.551. The highest BCUT2D eigenvalue weighted by Gasteiger charge is 2.12. The van der Waals surface area contributed by atoms with Gasteiger partial charge in [0.1, 0.15) is 16.8 Å². The molecule has 2 aromatic heterocycles. The van der Waals surface area contributed by atoms with E-state index >= 15 is 0 Å². The van der Waals surface area contributed by atoms with Gasteiger partial charge in [-0.25, -0.2) is 15.0 Å². The van der Waals surface area contributed by atoms with Crippen LogP contribution in [0.5, 0.6) is 0 Å². The predicted octanol–water partition coefficient (Wildman–Crippen LogP) is 3.20. The van der Waals surface area contributed by atoms with Gasteiger partial charge >= 0.3 is 0 Å². The Morgan fingerprint density at radius 3 is 2.74 bits per heavy atom. The first-order chi connectivity index (χ1) is 9.15. The maximum absolute atomic E-state index is 6.16. The highest BCUT2D eigenvalue weighted by molar-refractivity contribution is 6.30. The fraction of sp³-hybridized carbons (Fsp3) is 0.500. The van der Waals surface area contributed by atoms with Gasteiger partial charge in [0.25, 0.3) is 0 Å². The average molecular weight is 279 g/mol. The van der Waals surface area contributed by atoms with Crippen LogP contribution in [0.3, 0.4) is 0 Å². The highest BCUT2D eigenvalue weighted by Crippen LogP contribution is 2.18. The van der Waals surface area contributed by atoms with E-state index < -0.39 is 0 Å². The number of imidazole rings is 1. The molecule has 0 atom stereocenters. The molecule has 4 nitrogen and oxygen atoms in total. The van der Waals surface area contributed by atoms with Crippen LogP contribution >= 0.6 is 11.6 Å². The highest BCUT2D eigenvalue weighted by atomic mass is 35.5. The smallest absolute Gasteiger partial charge is 0.135 e. The van der Waals surface area contributed by atoms with Crippen LogP contribution in [0.4, 0.5) is 0 Å². The number of hydrogen-bond acceptors (Lipinski definition) is 3. The molecule has 2 heterocycles. The van der Waals surface area contributed by atoms with Gasteiger partial charge in [0.2, 0.25) is 0 Å². The minimum absolute atomic E-state index is 0.551. The Balaban J connectivity index is 2.32. The van der Waals surface area contributed by atoms with Gasteiger partial charge < -0.3 is 4.57 Å². The van der Waals surface area contributed by atoms with Crippen LogP contribution in [0, 0.1) is 6.92 Å². The normalized spacial score (nSPS) is 10.9. The fourth-order valence-corrected chi connectivity index (χ4v) is 2.22. The lowest BCUT2D eigenvalue weighted by molar-refractivity contribution is 0.643. The molecule has 2 aromatic rings. The van der Waals surface area contributed by atoms with E-state index in [1.807, 2.05) is 26.2 Å². The molecule has 0 unspecified atom stereocenters. The molecule has 0 N–H and O–H groups in total. The fourth-order valence-electron chi connectivity index (χ4n) is 2.01. The number of halogens is 1. The number of rotatable bonds is 5. The van der Waals surface area contributed by atoms with Crippen molar-refractivity contribution in [3.8, 4) is 0 Å². The molecule has 0 aliphatic carbocycles. The van der Waals surface area contributed by atoms with Crippen molar-refractivity contribution in [2.45, 2.75) is 46.6 Å². The number of nitrogens with zero attached hydrogens (tertiary/aromatic N) is 4. The van der Waals surface area contributed by atoms with Gasteiger partial charge in [-0.3, -0.25) is 0 Å². The summed E-state index contributed by atoms with van der Waals surface area (Å²) in [6, 6.07) is 0. The van der Waals surface area contributed by atoms with Crippen molar-refractivity contribution in [1.82, 2.24) is 19.5 Å². The van der Waals surface area contributed by atoms with Gasteiger partial charge in [-0.1, -0.05) is 25.4 Å². The van der Waals surface area contributed by atoms with Gasteiger partial charge in [-0.15, -0.1) is 0 Å². The number of aryl methyl sites for hydroxylation is 2. The summed E-state index contributed by atoms with van der Waals surface area (Å²) >= 11 is 6.16. The van der Waals surface area contributed by atoms with Crippen molar-refractivity contribution < 1.29 is 0 Å². The largest absolute Gasteiger partial charge is 0.335 e. The van der Waals surface area contributed by atoms with Crippen LogP contribution in [0.2, 0.25) is 5.15 Å². The van der Waals surface area contributed by atoms with Crippen LogP contribution in [-0.4, -0.2) is 19.5 Å². The van der Waals surface area contributed by atoms with Crippen LogP contribution < -0.4 is 0 Å². The van der Waals surface area contributed by atoms with Gasteiger partial charge in [-0.2, -0.15) is 0 Å². The summed E-state index contributed by atoms with van der Waals surface area (Å²) in [4.78, 5) is 13.3. The van der Waals surface area contributed by atoms with Crippen molar-refractivity contribution in [2.75, 3.05) is 0 Å². The topological polar surface area (TPSA) is 43.6 Å². The Morgan fingerprint density at radius 2 is 2.05 bits per heavy atom. The Kier molecular flexibility index (Phi) is 4.53. The monoisotopic (exact) mass is 278 g/mol. The van der Waals surface area contributed by atoms with E-state index in [0.29, 0.717) is 11.6 Å². The molecule has 0 fully saturated rings. The third kappa shape index (κ3) is 3.13. The quantitative estimate of drug-likeness (QED) is 0.789. The van der Waals surface area contributed by atoms with Crippen LogP contribution in [0.1, 0.15) is 43.2 Å². The summed E-state index contributed by atoms with van der Waals surface area (Å²) in [6.07, 6.45) is 6.43. The van der Waals surface area contributed by atoms with E-state index in [1.165, 1.54) is 0 Å². The van der Waals surface area contributed by atoms with E-state index in [4.69, 9.17) is 11.6 Å². The summed E-state index contributed by atoms with van der Waals surface area (Å²) < 4.78 is 2.17. The SMILES string of the molecule is CCCn1ccnc1Cc1nc(CC)nc(Cl)c1C. The van der Waals surface area contributed by atoms with E-state index in [0.717, 1.165) is 42.3 Å². The van der Waals surface area contributed by atoms with Crippen molar-refractivity contribution in [1.29, 1.82) is 0 Å². The lowest BCUT2D eigenvalue weighted by Crippen LogP contribution is -2.08. The van der Waals surface area contributed by atoms with Crippen molar-refractivity contribution in [3.05, 3.63) is 40.5 Å². The van der Waals surface area contributed by atoms with Gasteiger partial charge in [0, 0.05) is 37.3 Å². The number of aromatic nitrogens is 4. The molecule has 102 valence electrons. The lowest BCUT2D eigenvalue weighted by Gasteiger charge is -2.10. The maximum atomic E-state index is 6.16. The Labute approximate surface area is 118 Å². The molecule has 19 heavy (non-hydrogen) atoms. The third-order valence-corrected chi connectivity index (χ3v) is 3.51. The zero-order chi connectivity index (χ0) is 13.8. The van der Waals surface area contributed by atoms with E-state index in [2.05, 4.69) is 26.4 Å². The first kappa shape index (κ1) is 14.0. The van der Waals surface area contributed by atoms with Crippen LogP contribution in [0.25, 0.3) is 0 Å². The molecular weight excluding hydrogens is 260 g/mol. The van der Waals surface area contributed by atoms with Crippen LogP contribution in [-0.2, 0) is 19.4 Å². The Hall–Kier alpha value is -1.42. The molecule has 0 saturated heterocycles. The first-order valence-electron chi connectivity index (χ1n) is 6.67. The van der Waals surface area contributed by atoms with Crippen molar-refractivity contribution in [3.63, 3.8) is 0 Å². The Morgan fingerprint density at radius 1 is 1.26 bits per heavy atom. The molecule has 0 bridgehead atoms. The minimum Gasteiger partial charge on any atom is -0.335 e. The second-order valence-corrected chi connectivity index (χ2v) is 4.93. The van der Waals surface area contributed by atoms with Gasteiger partial charge in [0.15, 0.2) is 0 Å². The average Bonchev–Trinajstić information content (AvgIpc) is 2.82. The second kappa shape index (κ2) is 6.15. The molecule has 0 saturated carbocycles. The van der Waals surface area contributed by atoms with Crippen molar-refractivity contribution >= 4 is 11.6 Å². The molecule has 0 radical (unpaired) electrons. The van der Waals surface area contributed by atoms with Gasteiger partial charge in [-0.05, 0) is 13.3 Å². The van der Waals surface area contributed by atoms with Crippen LogP contribution in [0.15, 0.2) is 12.4 Å². The number of hydrogen-bond donors (Lipinski definition) is 0. The molecular formula is C14H19ClN4. The van der Waals surface area contributed by atoms with Gasteiger partial charge in [0.05, 0.1) is 5.69 Å². The van der Waals surface area contributed by atoms with Crippen molar-refractivity contribution in [2.24, 2.45) is 0 Å². The van der Waals surface area contributed by atoms with E-state index in [-0.39, 0.29) is 0 Å². The van der Waals surface area contributed by atoms with E-state index in [1.54, 1.807) is 0 Å². The summed E-state index contributed by atoms with van der Waals surface area (Å²) in [5, 5.41) is 0.551. The van der Waals surface area contributed by atoms with E-state index in [9.17, 15) is 0 Å². The maximum Gasteiger partial charge on any atom is 0.135 e. The standard InChI is InChI=1S/C14H19ClN4/c1-4-7-19-8-6-16-13(19)9-11-10(3)14(15)18-12(5-2)17-11/h6,8H,4-5,7,9H2,1-3H3. The zero-order valence-electron chi connectivity index (χ0n) is 11.6. The zero-order valence-corrected chi connectivity index (χ0v) is 12.4. The summed E-state index contributed by atoms with van der Waals surface area (Å²) in [6.45, 7) is 7.13. The third-order valence-electron chi connectivity index (χ3n) is 3.14. The molecule has 2 rings (SSSR count). The summed E-state index contributed by atoms with van der Waals surface area (Å²) in [7, 11) is 0. The molecule has 0 amide bonds. The lowest BCUT2D eigenvalue weighted by atomic mass is 10.2. The second-order valence-electron chi connectivity index (χ2n) is 4.57. The molecule has 0 aromatic carbocycles. The molecule has 0 spiro atoms. The first-order valence-corrected chi connectivity index (χ1v) is 7.05. The summed E-state index contributed by atoms with van der Waals surface area (Å²) in [5.41, 5.74) is 1.92. The predicted molar refractivity (Wildman–Crippen MR) is 76.5 cm³/mol. The molecule has 5 heteroatoms. The molecule has 0 aliphatic rings. The Bertz CT molecular complexity index is 563.